The number of carbonyl (C=O) groups excluding carboxylic acids is 1. The lowest BCUT2D eigenvalue weighted by Crippen LogP contribution is -2.25. The average molecular weight is 494 g/mol. The molecule has 0 aliphatic heterocycles. The van der Waals surface area contributed by atoms with Crippen molar-refractivity contribution in [3.8, 4) is 22.6 Å². The predicted molar refractivity (Wildman–Crippen MR) is 132 cm³/mol. The number of nitrogens with two attached hydrogens (primary N) is 1. The Balaban J connectivity index is 1.59. The largest absolute Gasteiger partial charge is 0.454 e. The summed E-state index contributed by atoms with van der Waals surface area (Å²) in [5, 5.41) is 2.80. The summed E-state index contributed by atoms with van der Waals surface area (Å²) in [7, 11) is 0. The van der Waals surface area contributed by atoms with Gasteiger partial charge in [0, 0.05) is 36.3 Å². The Morgan fingerprint density at radius 3 is 2.51 bits per heavy atom. The van der Waals surface area contributed by atoms with Crippen molar-refractivity contribution >= 4 is 29.1 Å². The number of hydrogen-bond acceptors (Lipinski definition) is 6. The van der Waals surface area contributed by atoms with Gasteiger partial charge < -0.3 is 20.4 Å². The Bertz CT molecular complexity index is 1440. The predicted octanol–water partition coefficient (Wildman–Crippen LogP) is 5.31. The molecule has 0 bridgehead atoms. The first kappa shape index (κ1) is 23.9. The van der Waals surface area contributed by atoms with Crippen LogP contribution in [0.2, 0.25) is 5.02 Å². The van der Waals surface area contributed by atoms with Gasteiger partial charge in [-0.25, -0.2) is 14.4 Å². The van der Waals surface area contributed by atoms with Gasteiger partial charge in [-0.2, -0.15) is 0 Å². The van der Waals surface area contributed by atoms with Gasteiger partial charge in [-0.3, -0.25) is 9.59 Å². The number of nitrogens with one attached hydrogen (secondary N) is 1. The highest BCUT2D eigenvalue weighted by Gasteiger charge is 2.18. The number of nitrogens with zero attached hydrogens (tertiary/aromatic N) is 3. The van der Waals surface area contributed by atoms with E-state index in [9.17, 15) is 14.0 Å². The molecule has 1 amide bonds. The van der Waals surface area contributed by atoms with Crippen LogP contribution in [0.1, 0.15) is 30.2 Å². The standard InChI is InChI=1S/C25H21ClFN5O3/c1-14(2)32-12-18(15-3-5-16(27)6-4-15)23(33)19(13-32)25(34)31-21-8-7-17(11-30-21)35-20-9-10-29-24(28)22(20)26/h3-14H,1-2H3,(H2,28,29)(H,30,31,34). The lowest BCUT2D eigenvalue weighted by Gasteiger charge is -2.15. The normalized spacial score (nSPS) is 10.9. The van der Waals surface area contributed by atoms with Crippen molar-refractivity contribution in [1.82, 2.24) is 14.5 Å². The molecule has 0 unspecified atom stereocenters. The lowest BCUT2D eigenvalue weighted by molar-refractivity contribution is 0.102. The Morgan fingerprint density at radius 1 is 1.11 bits per heavy atom. The van der Waals surface area contributed by atoms with Crippen LogP contribution in [0.4, 0.5) is 16.0 Å². The number of amides is 1. The number of aromatic nitrogens is 3. The highest BCUT2D eigenvalue weighted by Crippen LogP contribution is 2.32. The maximum Gasteiger partial charge on any atom is 0.262 e. The highest BCUT2D eigenvalue weighted by molar-refractivity contribution is 6.34. The first-order valence-electron chi connectivity index (χ1n) is 10.6. The second kappa shape index (κ2) is 9.94. The van der Waals surface area contributed by atoms with E-state index in [1.807, 2.05) is 13.8 Å². The Labute approximate surface area is 205 Å². The molecule has 0 atom stereocenters. The molecule has 3 aromatic heterocycles. The zero-order valence-corrected chi connectivity index (χ0v) is 19.6. The SMILES string of the molecule is CC(C)n1cc(C(=O)Nc2ccc(Oc3ccnc(N)c3Cl)cn2)c(=O)c(-c2ccc(F)cc2)c1. The smallest absolute Gasteiger partial charge is 0.262 e. The maximum absolute atomic E-state index is 13.4. The third kappa shape index (κ3) is 5.30. The van der Waals surface area contributed by atoms with Gasteiger partial charge in [0.25, 0.3) is 5.91 Å². The van der Waals surface area contributed by atoms with Crippen molar-refractivity contribution in [1.29, 1.82) is 0 Å². The van der Waals surface area contributed by atoms with Gasteiger partial charge >= 0.3 is 0 Å². The first-order valence-corrected chi connectivity index (χ1v) is 11.0. The van der Waals surface area contributed by atoms with Crippen LogP contribution < -0.4 is 21.2 Å². The van der Waals surface area contributed by atoms with Crippen LogP contribution in [0.3, 0.4) is 0 Å². The molecule has 0 saturated carbocycles. The summed E-state index contributed by atoms with van der Waals surface area (Å²) in [4.78, 5) is 34.2. The Morgan fingerprint density at radius 2 is 1.86 bits per heavy atom. The Hall–Kier alpha value is -4.24. The van der Waals surface area contributed by atoms with Crippen LogP contribution in [0, 0.1) is 5.82 Å². The number of pyridine rings is 3. The van der Waals surface area contributed by atoms with E-state index in [2.05, 4.69) is 15.3 Å². The summed E-state index contributed by atoms with van der Waals surface area (Å²) >= 11 is 6.09. The van der Waals surface area contributed by atoms with E-state index in [0.717, 1.165) is 0 Å². The number of anilines is 2. The zero-order valence-electron chi connectivity index (χ0n) is 18.8. The molecule has 35 heavy (non-hydrogen) atoms. The van der Waals surface area contributed by atoms with Crippen molar-refractivity contribution in [2.24, 2.45) is 0 Å². The van der Waals surface area contributed by atoms with E-state index in [1.165, 1.54) is 48.9 Å². The van der Waals surface area contributed by atoms with Gasteiger partial charge in [0.05, 0.1) is 6.20 Å². The number of carbonyl (C=O) groups is 1. The maximum atomic E-state index is 13.4. The van der Waals surface area contributed by atoms with Gasteiger partial charge in [-0.15, -0.1) is 0 Å². The molecule has 0 saturated heterocycles. The fourth-order valence-electron chi connectivity index (χ4n) is 3.24. The molecule has 0 fully saturated rings. The molecule has 10 heteroatoms. The molecule has 178 valence electrons. The van der Waals surface area contributed by atoms with Crippen molar-refractivity contribution in [2.45, 2.75) is 19.9 Å². The van der Waals surface area contributed by atoms with Crippen LogP contribution in [-0.2, 0) is 0 Å². The fourth-order valence-corrected chi connectivity index (χ4v) is 3.39. The third-order valence-electron chi connectivity index (χ3n) is 5.13. The topological polar surface area (TPSA) is 112 Å². The first-order chi connectivity index (χ1) is 16.7. The summed E-state index contributed by atoms with van der Waals surface area (Å²) < 4.78 is 20.8. The summed E-state index contributed by atoms with van der Waals surface area (Å²) in [5.41, 5.74) is 5.93. The van der Waals surface area contributed by atoms with E-state index >= 15 is 0 Å². The van der Waals surface area contributed by atoms with E-state index < -0.39 is 17.2 Å². The summed E-state index contributed by atoms with van der Waals surface area (Å²) in [5.74, 6) is -0.0265. The monoisotopic (exact) mass is 493 g/mol. The molecule has 3 heterocycles. The number of halogens is 2. The third-order valence-corrected chi connectivity index (χ3v) is 5.51. The Kier molecular flexibility index (Phi) is 6.79. The van der Waals surface area contributed by atoms with Gasteiger partial charge in [-0.05, 0) is 43.7 Å². The molecule has 0 aliphatic carbocycles. The van der Waals surface area contributed by atoms with Gasteiger partial charge in [-0.1, -0.05) is 23.7 Å². The second-order valence-corrected chi connectivity index (χ2v) is 8.28. The zero-order chi connectivity index (χ0) is 25.1. The molecule has 4 aromatic rings. The summed E-state index contributed by atoms with van der Waals surface area (Å²) in [6.45, 7) is 3.84. The number of hydrogen-bond donors (Lipinski definition) is 2. The van der Waals surface area contributed by atoms with Crippen LogP contribution in [0.5, 0.6) is 11.5 Å². The molecule has 4 rings (SSSR count). The minimum atomic E-state index is -0.625. The molecule has 1 aromatic carbocycles. The second-order valence-electron chi connectivity index (χ2n) is 7.91. The molecule has 0 radical (unpaired) electrons. The van der Waals surface area contributed by atoms with Crippen molar-refractivity contribution in [3.05, 3.63) is 93.9 Å². The van der Waals surface area contributed by atoms with Crippen LogP contribution in [0.25, 0.3) is 11.1 Å². The van der Waals surface area contributed by atoms with Crippen LogP contribution in [-0.4, -0.2) is 20.4 Å². The number of ether oxygens (including phenoxy) is 1. The fraction of sp³-hybridized carbons (Fsp3) is 0.120. The lowest BCUT2D eigenvalue weighted by atomic mass is 10.0. The van der Waals surface area contributed by atoms with E-state index in [1.54, 1.807) is 22.9 Å². The molecule has 3 N–H and O–H groups in total. The van der Waals surface area contributed by atoms with Gasteiger partial charge in [0.2, 0.25) is 5.43 Å². The van der Waals surface area contributed by atoms with Crippen LogP contribution in [0.15, 0.2) is 72.0 Å². The van der Waals surface area contributed by atoms with Crippen molar-refractivity contribution < 1.29 is 13.9 Å². The average Bonchev–Trinajstić information content (AvgIpc) is 2.84. The molecular weight excluding hydrogens is 473 g/mol. The molecule has 8 nitrogen and oxygen atoms in total. The van der Waals surface area contributed by atoms with Crippen molar-refractivity contribution in [3.63, 3.8) is 0 Å². The van der Waals surface area contributed by atoms with E-state index in [4.69, 9.17) is 22.1 Å². The van der Waals surface area contributed by atoms with Crippen LogP contribution >= 0.6 is 11.6 Å². The highest BCUT2D eigenvalue weighted by atomic mass is 35.5. The number of benzene rings is 1. The van der Waals surface area contributed by atoms with E-state index in [-0.39, 0.29) is 33.8 Å². The van der Waals surface area contributed by atoms with E-state index in [0.29, 0.717) is 17.1 Å². The molecule has 0 spiro atoms. The van der Waals surface area contributed by atoms with Gasteiger partial charge in [0.15, 0.2) is 5.75 Å². The molecular formula is C25H21ClFN5O3. The van der Waals surface area contributed by atoms with Crippen molar-refractivity contribution in [2.75, 3.05) is 11.1 Å². The molecule has 0 aliphatic rings. The van der Waals surface area contributed by atoms with Gasteiger partial charge in [0.1, 0.15) is 33.8 Å². The quantitative estimate of drug-likeness (QED) is 0.376. The minimum absolute atomic E-state index is 0.0232. The summed E-state index contributed by atoms with van der Waals surface area (Å²) in [6, 6.07) is 10.2. The summed E-state index contributed by atoms with van der Waals surface area (Å²) in [6.07, 6.45) is 5.99. The number of rotatable bonds is 6. The number of nitrogen functional groups attached to an aromatic ring is 1. The minimum Gasteiger partial charge on any atom is -0.454 e.